The molecular weight excluding hydrogens is 228 g/mol. The van der Waals surface area contributed by atoms with Crippen LogP contribution in [0.2, 0.25) is 0 Å². The maximum absolute atomic E-state index is 3.54. The van der Waals surface area contributed by atoms with Crippen LogP contribution in [0.3, 0.4) is 0 Å². The first-order chi connectivity index (χ1) is 6.13. The van der Waals surface area contributed by atoms with Gasteiger partial charge in [-0.1, -0.05) is 22.9 Å². The monoisotopic (exact) mass is 248 g/mol. The van der Waals surface area contributed by atoms with Gasteiger partial charge in [-0.25, -0.2) is 0 Å². The molecule has 1 heterocycles. The predicted octanol–water partition coefficient (Wildman–Crippen LogP) is 1.65. The van der Waals surface area contributed by atoms with Crippen molar-refractivity contribution >= 4 is 15.9 Å². The van der Waals surface area contributed by atoms with E-state index in [0.29, 0.717) is 0 Å². The molecule has 0 aromatic heterocycles. The van der Waals surface area contributed by atoms with Crippen LogP contribution in [-0.4, -0.2) is 54.4 Å². The number of alkyl halides is 1. The highest BCUT2D eigenvalue weighted by Gasteiger charge is 2.22. The molecule has 1 rings (SSSR count). The lowest BCUT2D eigenvalue weighted by molar-refractivity contribution is 0.0903. The Bertz CT molecular complexity index is 152. The second-order valence-electron chi connectivity index (χ2n) is 4.37. The first-order valence-corrected chi connectivity index (χ1v) is 6.24. The molecule has 2 atom stereocenters. The van der Waals surface area contributed by atoms with Gasteiger partial charge in [0.2, 0.25) is 0 Å². The highest BCUT2D eigenvalue weighted by molar-refractivity contribution is 9.09. The molecule has 13 heavy (non-hydrogen) atoms. The summed E-state index contributed by atoms with van der Waals surface area (Å²) < 4.78 is 0. The number of halogens is 1. The molecule has 1 fully saturated rings. The van der Waals surface area contributed by atoms with Crippen molar-refractivity contribution in [2.24, 2.45) is 5.92 Å². The van der Waals surface area contributed by atoms with Gasteiger partial charge in [0.05, 0.1) is 0 Å². The van der Waals surface area contributed by atoms with Crippen molar-refractivity contribution in [1.82, 2.24) is 9.80 Å². The van der Waals surface area contributed by atoms with Gasteiger partial charge in [-0.2, -0.15) is 0 Å². The molecule has 1 aliphatic rings. The SMILES string of the molecule is CC(CBr)CN1CCN(C)CC1C. The molecule has 2 nitrogen and oxygen atoms in total. The van der Waals surface area contributed by atoms with Crippen molar-refractivity contribution in [3.63, 3.8) is 0 Å². The van der Waals surface area contributed by atoms with Crippen molar-refractivity contribution < 1.29 is 0 Å². The van der Waals surface area contributed by atoms with E-state index in [1.165, 1.54) is 26.2 Å². The molecule has 0 aromatic rings. The van der Waals surface area contributed by atoms with Crippen LogP contribution in [0.1, 0.15) is 13.8 Å². The fourth-order valence-electron chi connectivity index (χ4n) is 1.90. The zero-order chi connectivity index (χ0) is 9.84. The maximum atomic E-state index is 3.54. The molecule has 0 amide bonds. The van der Waals surface area contributed by atoms with E-state index in [0.717, 1.165) is 17.3 Å². The van der Waals surface area contributed by atoms with E-state index in [2.05, 4.69) is 46.6 Å². The summed E-state index contributed by atoms with van der Waals surface area (Å²) in [7, 11) is 2.21. The molecule has 0 bridgehead atoms. The molecule has 1 aliphatic heterocycles. The number of rotatable bonds is 3. The topological polar surface area (TPSA) is 6.48 Å². The minimum Gasteiger partial charge on any atom is -0.304 e. The van der Waals surface area contributed by atoms with Gasteiger partial charge in [0, 0.05) is 37.6 Å². The van der Waals surface area contributed by atoms with Crippen molar-refractivity contribution in [1.29, 1.82) is 0 Å². The average molecular weight is 249 g/mol. The van der Waals surface area contributed by atoms with Gasteiger partial charge in [-0.05, 0) is 19.9 Å². The Morgan fingerprint density at radius 1 is 1.46 bits per heavy atom. The summed E-state index contributed by atoms with van der Waals surface area (Å²) in [5.41, 5.74) is 0. The molecule has 1 saturated heterocycles. The third-order valence-corrected chi connectivity index (χ3v) is 3.88. The van der Waals surface area contributed by atoms with Gasteiger partial charge < -0.3 is 4.90 Å². The predicted molar refractivity (Wildman–Crippen MR) is 61.5 cm³/mol. The Kier molecular flexibility index (Phi) is 4.70. The molecular formula is C10H21BrN2. The first-order valence-electron chi connectivity index (χ1n) is 5.12. The van der Waals surface area contributed by atoms with Gasteiger partial charge in [-0.15, -0.1) is 0 Å². The number of hydrogen-bond donors (Lipinski definition) is 0. The normalized spacial score (nSPS) is 29.1. The molecule has 2 unspecified atom stereocenters. The van der Waals surface area contributed by atoms with Crippen molar-refractivity contribution in [3.8, 4) is 0 Å². The quantitative estimate of drug-likeness (QED) is 0.702. The Morgan fingerprint density at radius 2 is 2.15 bits per heavy atom. The number of hydrogen-bond acceptors (Lipinski definition) is 2. The van der Waals surface area contributed by atoms with Crippen molar-refractivity contribution in [2.45, 2.75) is 19.9 Å². The summed E-state index contributed by atoms with van der Waals surface area (Å²) in [6, 6.07) is 0.722. The summed E-state index contributed by atoms with van der Waals surface area (Å²) in [6.45, 7) is 9.54. The van der Waals surface area contributed by atoms with Gasteiger partial charge in [0.25, 0.3) is 0 Å². The van der Waals surface area contributed by atoms with Crippen LogP contribution < -0.4 is 0 Å². The third-order valence-electron chi connectivity index (χ3n) is 2.78. The highest BCUT2D eigenvalue weighted by Crippen LogP contribution is 2.11. The summed E-state index contributed by atoms with van der Waals surface area (Å²) in [4.78, 5) is 5.02. The standard InChI is InChI=1S/C10H21BrN2/c1-9(6-11)7-13-5-4-12(3)8-10(13)2/h9-10H,4-8H2,1-3H3. The van der Waals surface area contributed by atoms with Crippen LogP contribution in [0.25, 0.3) is 0 Å². The lowest BCUT2D eigenvalue weighted by Crippen LogP contribution is -2.51. The molecule has 78 valence electrons. The Balaban J connectivity index is 2.33. The van der Waals surface area contributed by atoms with Crippen molar-refractivity contribution in [2.75, 3.05) is 38.6 Å². The summed E-state index contributed by atoms with van der Waals surface area (Å²) in [6.07, 6.45) is 0. The second kappa shape index (κ2) is 5.32. The summed E-state index contributed by atoms with van der Waals surface area (Å²) in [5.74, 6) is 0.769. The van der Waals surface area contributed by atoms with E-state index in [4.69, 9.17) is 0 Å². The minimum absolute atomic E-state index is 0.722. The molecule has 3 heteroatoms. The fraction of sp³-hybridized carbons (Fsp3) is 1.00. The van der Waals surface area contributed by atoms with Gasteiger partial charge >= 0.3 is 0 Å². The molecule has 0 saturated carbocycles. The van der Waals surface area contributed by atoms with Crippen LogP contribution in [0.5, 0.6) is 0 Å². The van der Waals surface area contributed by atoms with Gasteiger partial charge in [-0.3, -0.25) is 4.90 Å². The largest absolute Gasteiger partial charge is 0.304 e. The van der Waals surface area contributed by atoms with Crippen LogP contribution >= 0.6 is 15.9 Å². The van der Waals surface area contributed by atoms with Crippen LogP contribution in [0.4, 0.5) is 0 Å². The Labute approximate surface area is 90.4 Å². The number of piperazine rings is 1. The first kappa shape index (κ1) is 11.5. The lowest BCUT2D eigenvalue weighted by Gasteiger charge is -2.39. The average Bonchev–Trinajstić information content (AvgIpc) is 2.09. The third kappa shape index (κ3) is 3.56. The zero-order valence-corrected chi connectivity index (χ0v) is 10.5. The van der Waals surface area contributed by atoms with Crippen LogP contribution in [0, 0.1) is 5.92 Å². The number of nitrogens with zero attached hydrogens (tertiary/aromatic N) is 2. The van der Waals surface area contributed by atoms with E-state index < -0.39 is 0 Å². The highest BCUT2D eigenvalue weighted by atomic mass is 79.9. The number of likely N-dealkylation sites (N-methyl/N-ethyl adjacent to an activating group) is 1. The summed E-state index contributed by atoms with van der Waals surface area (Å²) >= 11 is 3.54. The Morgan fingerprint density at radius 3 is 2.69 bits per heavy atom. The van der Waals surface area contributed by atoms with Gasteiger partial charge in [0.15, 0.2) is 0 Å². The van der Waals surface area contributed by atoms with Crippen LogP contribution in [-0.2, 0) is 0 Å². The fourth-order valence-corrected chi connectivity index (χ4v) is 2.10. The van der Waals surface area contributed by atoms with E-state index in [1.807, 2.05) is 0 Å². The van der Waals surface area contributed by atoms with E-state index in [1.54, 1.807) is 0 Å². The molecule has 0 spiro atoms. The maximum Gasteiger partial charge on any atom is 0.0195 e. The smallest absolute Gasteiger partial charge is 0.0195 e. The zero-order valence-electron chi connectivity index (χ0n) is 8.96. The minimum atomic E-state index is 0.722. The van der Waals surface area contributed by atoms with E-state index in [9.17, 15) is 0 Å². The lowest BCUT2D eigenvalue weighted by atomic mass is 10.1. The summed E-state index contributed by atoms with van der Waals surface area (Å²) in [5, 5.41) is 1.12. The molecule has 0 aromatic carbocycles. The second-order valence-corrected chi connectivity index (χ2v) is 5.01. The Hall–Kier alpha value is 0.400. The van der Waals surface area contributed by atoms with E-state index >= 15 is 0 Å². The molecule has 0 N–H and O–H groups in total. The molecule has 0 aliphatic carbocycles. The van der Waals surface area contributed by atoms with E-state index in [-0.39, 0.29) is 0 Å². The van der Waals surface area contributed by atoms with Crippen molar-refractivity contribution in [3.05, 3.63) is 0 Å². The van der Waals surface area contributed by atoms with Crippen LogP contribution in [0.15, 0.2) is 0 Å². The molecule has 0 radical (unpaired) electrons. The van der Waals surface area contributed by atoms with Gasteiger partial charge in [0.1, 0.15) is 0 Å².